The maximum atomic E-state index is 13.4. The van der Waals surface area contributed by atoms with Crippen molar-refractivity contribution in [2.75, 3.05) is 72.5 Å². The number of amides is 1. The number of hydrogen-bond donors (Lipinski definition) is 1. The van der Waals surface area contributed by atoms with Gasteiger partial charge in [-0.15, -0.1) is 0 Å². The molecule has 1 atom stereocenters. The van der Waals surface area contributed by atoms with Gasteiger partial charge in [0, 0.05) is 39.3 Å². The fourth-order valence-corrected chi connectivity index (χ4v) is 6.23. The van der Waals surface area contributed by atoms with Crippen LogP contribution in [0.1, 0.15) is 43.1 Å². The van der Waals surface area contributed by atoms with Gasteiger partial charge in [0.2, 0.25) is 0 Å². The summed E-state index contributed by atoms with van der Waals surface area (Å²) in [6.45, 7) is 9.18. The number of thiazole rings is 1. The van der Waals surface area contributed by atoms with Crippen molar-refractivity contribution in [3.63, 3.8) is 0 Å². The third-order valence-corrected chi connectivity index (χ3v) is 8.30. The molecule has 0 saturated carbocycles. The van der Waals surface area contributed by atoms with Gasteiger partial charge in [0.25, 0.3) is 5.91 Å². The van der Waals surface area contributed by atoms with Crippen molar-refractivity contribution >= 4 is 63.5 Å². The molecule has 0 aromatic carbocycles. The first-order chi connectivity index (χ1) is 17.6. The average molecular weight is 542 g/mol. The molecule has 37 heavy (non-hydrogen) atoms. The first kappa shape index (κ1) is 26.0. The van der Waals surface area contributed by atoms with Gasteiger partial charge in [-0.2, -0.15) is 18.5 Å². The molecule has 3 fully saturated rings. The van der Waals surface area contributed by atoms with E-state index >= 15 is 0 Å². The summed E-state index contributed by atoms with van der Waals surface area (Å²) in [6.07, 6.45) is 4.64. The molecular weight excluding hydrogens is 506 g/mol. The Morgan fingerprint density at radius 1 is 1.00 bits per heavy atom. The van der Waals surface area contributed by atoms with Crippen LogP contribution in [0.3, 0.4) is 0 Å². The van der Waals surface area contributed by atoms with E-state index in [2.05, 4.69) is 26.9 Å². The van der Waals surface area contributed by atoms with Crippen molar-refractivity contribution < 1.29 is 9.53 Å². The van der Waals surface area contributed by atoms with Crippen LogP contribution < -0.4 is 20.0 Å². The molecule has 6 heterocycles. The zero-order chi connectivity index (χ0) is 24.5. The smallest absolute Gasteiger partial charge is 0.274 e. The van der Waals surface area contributed by atoms with Crippen LogP contribution in [0.2, 0.25) is 0 Å². The average Bonchev–Trinajstić information content (AvgIpc) is 3.55. The first-order valence-corrected chi connectivity index (χ1v) is 13.9. The third kappa shape index (κ3) is 5.63. The molecule has 3 aliphatic rings. The summed E-state index contributed by atoms with van der Waals surface area (Å²) in [7, 11) is 0. The van der Waals surface area contributed by atoms with Crippen molar-refractivity contribution in [1.82, 2.24) is 15.0 Å². The largest absolute Gasteiger partial charge is 0.378 e. The minimum atomic E-state index is -0.207. The molecular formula is C26H35N7O2S2. The minimum Gasteiger partial charge on any atom is -0.378 e. The number of aromatic nitrogens is 3. The van der Waals surface area contributed by atoms with E-state index in [0.29, 0.717) is 24.8 Å². The van der Waals surface area contributed by atoms with Crippen molar-refractivity contribution in [3.05, 3.63) is 30.0 Å². The summed E-state index contributed by atoms with van der Waals surface area (Å²) >= 11 is 1.62. The van der Waals surface area contributed by atoms with E-state index in [4.69, 9.17) is 19.7 Å². The Kier molecular flexibility index (Phi) is 8.01. The van der Waals surface area contributed by atoms with Crippen LogP contribution in [0.4, 0.5) is 22.5 Å². The van der Waals surface area contributed by atoms with Crippen LogP contribution in [-0.4, -0.2) is 73.3 Å². The van der Waals surface area contributed by atoms with E-state index in [-0.39, 0.29) is 19.4 Å². The third-order valence-electron chi connectivity index (χ3n) is 7.25. The molecule has 3 saturated heterocycles. The molecule has 198 valence electrons. The minimum absolute atomic E-state index is 0. The number of nitrogens with zero attached hydrogens (tertiary/aromatic N) is 6. The zero-order valence-corrected chi connectivity index (χ0v) is 23.1. The van der Waals surface area contributed by atoms with Crippen molar-refractivity contribution in [3.8, 4) is 0 Å². The number of piperidine rings is 1. The van der Waals surface area contributed by atoms with Gasteiger partial charge < -0.3 is 24.8 Å². The van der Waals surface area contributed by atoms with Gasteiger partial charge in [0.05, 0.1) is 23.6 Å². The molecule has 3 aromatic rings. The molecule has 1 amide bonds. The number of nitrogens with one attached hydrogen (secondary N) is 1. The normalized spacial score (nSPS) is 20.2. The number of anilines is 4. The second-order valence-corrected chi connectivity index (χ2v) is 11.0. The molecule has 0 bridgehead atoms. The number of rotatable bonds is 5. The van der Waals surface area contributed by atoms with Crippen molar-refractivity contribution in [2.45, 2.75) is 32.6 Å². The Morgan fingerprint density at radius 3 is 2.57 bits per heavy atom. The van der Waals surface area contributed by atoms with Gasteiger partial charge in [-0.3, -0.25) is 4.79 Å². The summed E-state index contributed by atoms with van der Waals surface area (Å²) in [4.78, 5) is 34.7. The van der Waals surface area contributed by atoms with E-state index < -0.39 is 0 Å². The van der Waals surface area contributed by atoms with Crippen molar-refractivity contribution in [2.24, 2.45) is 5.92 Å². The van der Waals surface area contributed by atoms with Gasteiger partial charge in [0.1, 0.15) is 11.5 Å². The first-order valence-electron chi connectivity index (χ1n) is 13.1. The highest BCUT2D eigenvalue weighted by molar-refractivity contribution is 7.59. The Morgan fingerprint density at radius 2 is 1.81 bits per heavy atom. The Hall–Kier alpha value is -2.63. The van der Waals surface area contributed by atoms with Crippen molar-refractivity contribution in [1.29, 1.82) is 0 Å². The number of ether oxygens (including phenoxy) is 1. The molecule has 3 aromatic heterocycles. The summed E-state index contributed by atoms with van der Waals surface area (Å²) in [6, 6.07) is 7.74. The van der Waals surface area contributed by atoms with E-state index in [1.807, 2.05) is 18.2 Å². The predicted molar refractivity (Wildman–Crippen MR) is 155 cm³/mol. The summed E-state index contributed by atoms with van der Waals surface area (Å²) in [5.74, 6) is 2.12. The topological polar surface area (TPSA) is 86.7 Å². The Balaban J connectivity index is 0.00000280. The number of pyridine rings is 2. The Labute approximate surface area is 228 Å². The van der Waals surface area contributed by atoms with Crippen LogP contribution in [0.25, 0.3) is 10.3 Å². The lowest BCUT2D eigenvalue weighted by molar-refractivity contribution is 0.102. The number of fused-ring (bicyclic) bond motifs is 1. The fraction of sp³-hybridized carbons (Fsp3) is 0.538. The summed E-state index contributed by atoms with van der Waals surface area (Å²) in [5, 5.41) is 4.11. The van der Waals surface area contributed by atoms with Crippen LogP contribution in [0, 0.1) is 5.92 Å². The summed E-state index contributed by atoms with van der Waals surface area (Å²) < 4.78 is 6.47. The maximum Gasteiger partial charge on any atom is 0.274 e. The fourth-order valence-electron chi connectivity index (χ4n) is 5.23. The van der Waals surface area contributed by atoms with Crippen LogP contribution in [0.15, 0.2) is 24.3 Å². The quantitative estimate of drug-likeness (QED) is 0.516. The van der Waals surface area contributed by atoms with E-state index in [0.717, 1.165) is 91.3 Å². The highest BCUT2D eigenvalue weighted by Crippen LogP contribution is 2.35. The van der Waals surface area contributed by atoms with Gasteiger partial charge in [-0.1, -0.05) is 24.3 Å². The van der Waals surface area contributed by atoms with Gasteiger partial charge in [0.15, 0.2) is 16.6 Å². The number of carbonyl (C=O) groups excluding carboxylic acids is 1. The second-order valence-electron chi connectivity index (χ2n) is 10.00. The molecule has 1 N–H and O–H groups in total. The lowest BCUT2D eigenvalue weighted by atomic mass is 10.1. The lowest BCUT2D eigenvalue weighted by Crippen LogP contribution is -2.36. The van der Waals surface area contributed by atoms with E-state index in [1.54, 1.807) is 17.4 Å². The number of hydrogen-bond acceptors (Lipinski definition) is 9. The van der Waals surface area contributed by atoms with Gasteiger partial charge in [-0.05, 0) is 49.8 Å². The highest BCUT2D eigenvalue weighted by atomic mass is 32.1. The molecule has 0 aliphatic carbocycles. The molecule has 3 aliphatic heterocycles. The lowest BCUT2D eigenvalue weighted by Gasteiger charge is -2.29. The molecule has 0 unspecified atom stereocenters. The highest BCUT2D eigenvalue weighted by Gasteiger charge is 2.24. The number of morpholine rings is 1. The second kappa shape index (κ2) is 11.4. The Bertz CT molecular complexity index is 1240. The van der Waals surface area contributed by atoms with Gasteiger partial charge >= 0.3 is 0 Å². The monoisotopic (exact) mass is 541 g/mol. The molecule has 6 rings (SSSR count). The maximum absolute atomic E-state index is 13.4. The zero-order valence-electron chi connectivity index (χ0n) is 21.3. The SMILES string of the molecule is C[C@H]1CCN(c2cccc(C(=O)Nc3cc4sc(N5CCOCC5)nc4nc3N3CCCCC3)n2)C1.S. The van der Waals surface area contributed by atoms with E-state index in [1.165, 1.54) is 6.42 Å². The van der Waals surface area contributed by atoms with Gasteiger partial charge in [-0.25, -0.2) is 9.97 Å². The summed E-state index contributed by atoms with van der Waals surface area (Å²) in [5.41, 5.74) is 1.90. The van der Waals surface area contributed by atoms with E-state index in [9.17, 15) is 4.79 Å². The molecule has 0 spiro atoms. The standard InChI is InChI=1S/C26H33N7O2S.H2S/c1-18-8-11-33(17-18)22-7-5-6-19(27-22)25(34)28-20-16-21-23(29-24(20)31-9-3-2-4-10-31)30-26(36-21)32-12-14-35-15-13-32;/h5-7,16,18H,2-4,8-15,17H2,1H3,(H,28,34);1H2/t18-;/m0./s1. The van der Waals surface area contributed by atoms with Crippen LogP contribution in [0.5, 0.6) is 0 Å². The predicted octanol–water partition coefficient (Wildman–Crippen LogP) is 4.12. The molecule has 0 radical (unpaired) electrons. The van der Waals surface area contributed by atoms with Crippen LogP contribution >= 0.6 is 24.8 Å². The molecule has 9 nitrogen and oxygen atoms in total. The van der Waals surface area contributed by atoms with Crippen LogP contribution in [-0.2, 0) is 4.74 Å². The molecule has 11 heteroatoms. The number of carbonyl (C=O) groups is 1.